The predicted molar refractivity (Wildman–Crippen MR) is 115 cm³/mol. The number of nitrogens with zero attached hydrogens (tertiary/aromatic N) is 1. The zero-order chi connectivity index (χ0) is 20.1. The first-order chi connectivity index (χ1) is 13.5. The number of hydrogen-bond acceptors (Lipinski definition) is 3. The highest BCUT2D eigenvalue weighted by molar-refractivity contribution is 5.90. The number of benzene rings is 2. The number of carbonyl (C=O) groups excluding carboxylic acids is 1. The minimum absolute atomic E-state index is 0.165. The molecule has 1 heterocycles. The van der Waals surface area contributed by atoms with E-state index in [-0.39, 0.29) is 12.1 Å². The average molecular weight is 382 g/mol. The fourth-order valence-electron chi connectivity index (χ4n) is 3.63. The van der Waals surface area contributed by atoms with E-state index in [1.54, 1.807) is 0 Å². The van der Waals surface area contributed by atoms with Crippen LogP contribution in [0, 0.1) is 6.92 Å². The van der Waals surface area contributed by atoms with Gasteiger partial charge in [0.15, 0.2) is 0 Å². The van der Waals surface area contributed by atoms with Crippen molar-refractivity contribution in [3.05, 3.63) is 59.2 Å². The van der Waals surface area contributed by atoms with Crippen LogP contribution in [0.3, 0.4) is 0 Å². The third-order valence-corrected chi connectivity index (χ3v) is 5.38. The van der Waals surface area contributed by atoms with Crippen LogP contribution < -0.4 is 15.5 Å². The van der Waals surface area contributed by atoms with Gasteiger partial charge in [0.2, 0.25) is 0 Å². The minimum Gasteiger partial charge on any atom is -0.374 e. The second-order valence-corrected chi connectivity index (χ2v) is 7.75. The van der Waals surface area contributed by atoms with Crippen LogP contribution in [0.1, 0.15) is 42.9 Å². The van der Waals surface area contributed by atoms with Crippen molar-refractivity contribution >= 4 is 17.4 Å². The lowest BCUT2D eigenvalue weighted by molar-refractivity contribution is 0.0654. The van der Waals surface area contributed by atoms with Gasteiger partial charge in [0.05, 0.1) is 12.7 Å². The molecule has 2 N–H and O–H groups in total. The van der Waals surface area contributed by atoms with Gasteiger partial charge in [-0.1, -0.05) is 30.3 Å². The largest absolute Gasteiger partial charge is 0.374 e. The summed E-state index contributed by atoms with van der Waals surface area (Å²) in [5, 5.41) is 6.05. The first-order valence-electron chi connectivity index (χ1n) is 10.0. The monoisotopic (exact) mass is 381 g/mol. The topological polar surface area (TPSA) is 53.6 Å². The van der Waals surface area contributed by atoms with Gasteiger partial charge >= 0.3 is 6.03 Å². The van der Waals surface area contributed by atoms with E-state index >= 15 is 0 Å². The predicted octanol–water partition coefficient (Wildman–Crippen LogP) is 4.67. The second-order valence-electron chi connectivity index (χ2n) is 7.75. The summed E-state index contributed by atoms with van der Waals surface area (Å²) in [7, 11) is 2.12. The Morgan fingerprint density at radius 1 is 1.21 bits per heavy atom. The van der Waals surface area contributed by atoms with E-state index in [9.17, 15) is 4.79 Å². The number of carbonyl (C=O) groups is 1. The number of nitrogens with one attached hydrogen (secondary N) is 2. The van der Waals surface area contributed by atoms with E-state index < -0.39 is 0 Å². The average Bonchev–Trinajstić information content (AvgIpc) is 2.68. The molecule has 0 saturated carbocycles. The Kier molecular flexibility index (Phi) is 6.57. The SMILES string of the molecule is Cc1c(COC(C)C)cccc1NC(=O)NCC1CCN(C)c2ccccc21. The van der Waals surface area contributed by atoms with Crippen molar-refractivity contribution in [3.63, 3.8) is 0 Å². The Hall–Kier alpha value is -2.53. The van der Waals surface area contributed by atoms with Gasteiger partial charge in [-0.2, -0.15) is 0 Å². The summed E-state index contributed by atoms with van der Waals surface area (Å²) in [5.74, 6) is 0.338. The summed E-state index contributed by atoms with van der Waals surface area (Å²) in [6.45, 7) is 8.24. The van der Waals surface area contributed by atoms with E-state index in [4.69, 9.17) is 4.74 Å². The van der Waals surface area contributed by atoms with Gasteiger partial charge in [-0.25, -0.2) is 4.79 Å². The highest BCUT2D eigenvalue weighted by Crippen LogP contribution is 2.33. The Morgan fingerprint density at radius 3 is 2.79 bits per heavy atom. The van der Waals surface area contributed by atoms with Gasteiger partial charge in [0.1, 0.15) is 0 Å². The smallest absolute Gasteiger partial charge is 0.319 e. The van der Waals surface area contributed by atoms with Crippen molar-refractivity contribution in [1.29, 1.82) is 0 Å². The van der Waals surface area contributed by atoms with Crippen LogP contribution in [0.2, 0.25) is 0 Å². The first-order valence-corrected chi connectivity index (χ1v) is 10.0. The number of fused-ring (bicyclic) bond motifs is 1. The van der Waals surface area contributed by atoms with E-state index in [1.165, 1.54) is 11.3 Å². The van der Waals surface area contributed by atoms with Gasteiger partial charge < -0.3 is 20.3 Å². The quantitative estimate of drug-likeness (QED) is 0.765. The molecular weight excluding hydrogens is 350 g/mol. The summed E-state index contributed by atoms with van der Waals surface area (Å²) < 4.78 is 5.71. The summed E-state index contributed by atoms with van der Waals surface area (Å²) in [6.07, 6.45) is 1.21. The van der Waals surface area contributed by atoms with Gasteiger partial charge in [0.25, 0.3) is 0 Å². The third kappa shape index (κ3) is 4.84. The van der Waals surface area contributed by atoms with Crippen molar-refractivity contribution in [2.45, 2.75) is 45.8 Å². The fourth-order valence-corrected chi connectivity index (χ4v) is 3.63. The number of rotatable bonds is 6. The van der Waals surface area contributed by atoms with Crippen molar-refractivity contribution in [3.8, 4) is 0 Å². The lowest BCUT2D eigenvalue weighted by Gasteiger charge is -2.33. The molecule has 1 aliphatic heterocycles. The van der Waals surface area contributed by atoms with Gasteiger partial charge in [0, 0.05) is 37.4 Å². The third-order valence-electron chi connectivity index (χ3n) is 5.38. The molecule has 28 heavy (non-hydrogen) atoms. The molecule has 0 spiro atoms. The molecule has 2 aromatic rings. The highest BCUT2D eigenvalue weighted by atomic mass is 16.5. The number of anilines is 2. The number of ether oxygens (including phenoxy) is 1. The van der Waals surface area contributed by atoms with E-state index in [0.717, 1.165) is 29.8 Å². The minimum atomic E-state index is -0.165. The normalized spacial score (nSPS) is 16.0. The molecule has 0 aromatic heterocycles. The molecule has 2 amide bonds. The molecule has 0 bridgehead atoms. The van der Waals surface area contributed by atoms with Crippen LogP contribution in [0.15, 0.2) is 42.5 Å². The Balaban J connectivity index is 1.60. The number of hydrogen-bond donors (Lipinski definition) is 2. The zero-order valence-corrected chi connectivity index (χ0v) is 17.3. The summed E-state index contributed by atoms with van der Waals surface area (Å²) >= 11 is 0. The van der Waals surface area contributed by atoms with Crippen molar-refractivity contribution in [2.24, 2.45) is 0 Å². The molecular formula is C23H31N3O2. The van der Waals surface area contributed by atoms with Gasteiger partial charge in [-0.05, 0) is 56.0 Å². The summed E-state index contributed by atoms with van der Waals surface area (Å²) in [5.41, 5.74) is 5.53. The molecule has 0 aliphatic carbocycles. The highest BCUT2D eigenvalue weighted by Gasteiger charge is 2.23. The van der Waals surface area contributed by atoms with Gasteiger partial charge in [-0.15, -0.1) is 0 Å². The molecule has 1 unspecified atom stereocenters. The lowest BCUT2D eigenvalue weighted by atomic mass is 9.90. The van der Waals surface area contributed by atoms with Crippen LogP contribution in [0.4, 0.5) is 16.2 Å². The van der Waals surface area contributed by atoms with Crippen LogP contribution in [0.5, 0.6) is 0 Å². The maximum absolute atomic E-state index is 12.5. The molecule has 150 valence electrons. The van der Waals surface area contributed by atoms with E-state index in [2.05, 4.69) is 46.8 Å². The Bertz CT molecular complexity index is 819. The molecule has 2 aromatic carbocycles. The molecule has 1 aliphatic rings. The molecule has 0 radical (unpaired) electrons. The second kappa shape index (κ2) is 9.11. The van der Waals surface area contributed by atoms with Crippen molar-refractivity contribution < 1.29 is 9.53 Å². The van der Waals surface area contributed by atoms with E-state index in [0.29, 0.717) is 19.1 Å². The number of urea groups is 1. The van der Waals surface area contributed by atoms with Crippen LogP contribution in [0.25, 0.3) is 0 Å². The van der Waals surface area contributed by atoms with E-state index in [1.807, 2.05) is 39.0 Å². The Labute approximate surface area is 168 Å². The van der Waals surface area contributed by atoms with Crippen LogP contribution >= 0.6 is 0 Å². The molecule has 5 nitrogen and oxygen atoms in total. The fraction of sp³-hybridized carbons (Fsp3) is 0.435. The number of para-hydroxylation sites is 1. The standard InChI is InChI=1S/C23H31N3O2/c1-16(2)28-15-19-8-7-10-21(17(19)3)25-23(27)24-14-18-12-13-26(4)22-11-6-5-9-20(18)22/h5-11,16,18H,12-15H2,1-4H3,(H2,24,25,27). The first kappa shape index (κ1) is 20.2. The maximum Gasteiger partial charge on any atom is 0.319 e. The number of amides is 2. The van der Waals surface area contributed by atoms with Crippen molar-refractivity contribution in [2.75, 3.05) is 30.4 Å². The zero-order valence-electron chi connectivity index (χ0n) is 17.3. The lowest BCUT2D eigenvalue weighted by Crippen LogP contribution is -2.36. The van der Waals surface area contributed by atoms with Crippen molar-refractivity contribution in [1.82, 2.24) is 5.32 Å². The molecule has 0 saturated heterocycles. The molecule has 1 atom stereocenters. The molecule has 3 rings (SSSR count). The maximum atomic E-state index is 12.5. The molecule has 5 heteroatoms. The van der Waals surface area contributed by atoms with Gasteiger partial charge in [-0.3, -0.25) is 0 Å². The van der Waals surface area contributed by atoms with Crippen LogP contribution in [-0.4, -0.2) is 32.3 Å². The summed E-state index contributed by atoms with van der Waals surface area (Å²) in [6, 6.07) is 14.2. The van der Waals surface area contributed by atoms with Crippen LogP contribution in [-0.2, 0) is 11.3 Å². The Morgan fingerprint density at radius 2 is 2.00 bits per heavy atom. The summed E-state index contributed by atoms with van der Waals surface area (Å²) in [4.78, 5) is 14.8. The molecule has 0 fully saturated rings.